The summed E-state index contributed by atoms with van der Waals surface area (Å²) >= 11 is 0. The van der Waals surface area contributed by atoms with Crippen LogP contribution < -0.4 is 5.73 Å². The largest absolute Gasteiger partial charge is 0.423 e. The summed E-state index contributed by atoms with van der Waals surface area (Å²) in [5.41, 5.74) is 5.68. The molecule has 0 saturated carbocycles. The molecule has 2 N–H and O–H groups in total. The van der Waals surface area contributed by atoms with Crippen molar-refractivity contribution in [3.05, 3.63) is 11.8 Å². The van der Waals surface area contributed by atoms with Gasteiger partial charge in [-0.2, -0.15) is 0 Å². The number of nitrogens with two attached hydrogens (primary N) is 1. The molecular weight excluding hydrogens is 226 g/mol. The molecule has 1 aromatic heterocycles. The van der Waals surface area contributed by atoms with Crippen molar-refractivity contribution < 1.29 is 4.42 Å². The van der Waals surface area contributed by atoms with E-state index in [9.17, 15) is 0 Å². The Kier molecular flexibility index (Phi) is 7.34. The first-order valence-electron chi connectivity index (χ1n) is 5.77. The van der Waals surface area contributed by atoms with Crippen molar-refractivity contribution in [1.82, 2.24) is 10.2 Å². The molecule has 0 amide bonds. The highest BCUT2D eigenvalue weighted by Crippen LogP contribution is 2.25. The minimum atomic E-state index is -0.171. The molecule has 5 heteroatoms. The lowest BCUT2D eigenvalue weighted by molar-refractivity contribution is 0.377. The van der Waals surface area contributed by atoms with Gasteiger partial charge in [-0.05, 0) is 19.8 Å². The predicted octanol–water partition coefficient (Wildman–Crippen LogP) is 3.19. The van der Waals surface area contributed by atoms with Gasteiger partial charge < -0.3 is 10.2 Å². The second kappa shape index (κ2) is 7.63. The van der Waals surface area contributed by atoms with Crippen LogP contribution in [0.25, 0.3) is 0 Å². The molecule has 0 aliphatic heterocycles. The van der Waals surface area contributed by atoms with Crippen LogP contribution in [0.1, 0.15) is 70.2 Å². The molecule has 1 aromatic rings. The molecule has 1 rings (SSSR count). The van der Waals surface area contributed by atoms with Gasteiger partial charge in [-0.3, -0.25) is 0 Å². The van der Waals surface area contributed by atoms with Crippen LogP contribution in [0.3, 0.4) is 0 Å². The van der Waals surface area contributed by atoms with Crippen molar-refractivity contribution in [2.24, 2.45) is 5.73 Å². The van der Waals surface area contributed by atoms with E-state index >= 15 is 0 Å². The van der Waals surface area contributed by atoms with Crippen LogP contribution in [0.4, 0.5) is 0 Å². The van der Waals surface area contributed by atoms with Gasteiger partial charge in [0.15, 0.2) is 0 Å². The number of hydrogen-bond acceptors (Lipinski definition) is 4. The molecular formula is C11H22ClN3O. The molecule has 1 atom stereocenters. The Hall–Kier alpha value is -0.610. The highest BCUT2D eigenvalue weighted by atomic mass is 35.5. The molecule has 4 nitrogen and oxygen atoms in total. The van der Waals surface area contributed by atoms with Gasteiger partial charge in [-0.15, -0.1) is 22.6 Å². The summed E-state index contributed by atoms with van der Waals surface area (Å²) in [6, 6.07) is -0.171. The van der Waals surface area contributed by atoms with Gasteiger partial charge >= 0.3 is 0 Å². The second-order valence-electron chi connectivity index (χ2n) is 4.04. The van der Waals surface area contributed by atoms with Crippen LogP contribution in [0.15, 0.2) is 4.42 Å². The Morgan fingerprint density at radius 3 is 2.00 bits per heavy atom. The molecule has 0 unspecified atom stereocenters. The Balaban J connectivity index is 0.00000225. The van der Waals surface area contributed by atoms with E-state index in [1.54, 1.807) is 0 Å². The molecule has 16 heavy (non-hydrogen) atoms. The summed E-state index contributed by atoms with van der Waals surface area (Å²) in [6.07, 6.45) is 4.49. The standard InChI is InChI=1S/C11H21N3O.ClH/c1-4-6-9(7-5-2)11-14-13-10(15-11)8(3)12;/h8-9H,4-7,12H2,1-3H3;1H/t8-;/m0./s1. The Morgan fingerprint density at radius 2 is 1.62 bits per heavy atom. The Morgan fingerprint density at radius 1 is 1.12 bits per heavy atom. The van der Waals surface area contributed by atoms with Crippen LogP contribution in [0.5, 0.6) is 0 Å². The number of nitrogens with zero attached hydrogens (tertiary/aromatic N) is 2. The minimum absolute atomic E-state index is 0. The molecule has 0 radical (unpaired) electrons. The van der Waals surface area contributed by atoms with Gasteiger partial charge in [-0.25, -0.2) is 0 Å². The lowest BCUT2D eigenvalue weighted by Crippen LogP contribution is -2.04. The molecule has 0 aliphatic rings. The smallest absolute Gasteiger partial charge is 0.232 e. The molecule has 0 saturated heterocycles. The molecule has 94 valence electrons. The van der Waals surface area contributed by atoms with Crippen molar-refractivity contribution >= 4 is 12.4 Å². The van der Waals surface area contributed by atoms with Crippen LogP contribution in [-0.4, -0.2) is 10.2 Å². The number of rotatable bonds is 6. The monoisotopic (exact) mass is 247 g/mol. The average Bonchev–Trinajstić information content (AvgIpc) is 2.66. The first-order valence-corrected chi connectivity index (χ1v) is 5.77. The summed E-state index contributed by atoms with van der Waals surface area (Å²) in [5.74, 6) is 1.70. The fourth-order valence-electron chi connectivity index (χ4n) is 1.68. The Labute approximate surface area is 103 Å². The van der Waals surface area contributed by atoms with E-state index in [0.717, 1.165) is 31.6 Å². The molecule has 0 spiro atoms. The zero-order valence-electron chi connectivity index (χ0n) is 10.3. The second-order valence-corrected chi connectivity index (χ2v) is 4.04. The van der Waals surface area contributed by atoms with Crippen LogP contribution in [0, 0.1) is 0 Å². The molecule has 0 aliphatic carbocycles. The third-order valence-electron chi connectivity index (χ3n) is 2.47. The highest BCUT2D eigenvalue weighted by Gasteiger charge is 2.18. The summed E-state index contributed by atoms with van der Waals surface area (Å²) in [7, 11) is 0. The summed E-state index contributed by atoms with van der Waals surface area (Å²) < 4.78 is 5.57. The predicted molar refractivity (Wildman–Crippen MR) is 66.7 cm³/mol. The number of hydrogen-bond donors (Lipinski definition) is 1. The number of halogens is 1. The molecule has 0 fully saturated rings. The van der Waals surface area contributed by atoms with Gasteiger partial charge in [0.1, 0.15) is 0 Å². The highest BCUT2D eigenvalue weighted by molar-refractivity contribution is 5.85. The van der Waals surface area contributed by atoms with Crippen LogP contribution in [-0.2, 0) is 0 Å². The van der Waals surface area contributed by atoms with E-state index in [0.29, 0.717) is 11.8 Å². The van der Waals surface area contributed by atoms with E-state index in [4.69, 9.17) is 10.2 Å². The van der Waals surface area contributed by atoms with Crippen molar-refractivity contribution in [2.75, 3.05) is 0 Å². The minimum Gasteiger partial charge on any atom is -0.423 e. The van der Waals surface area contributed by atoms with Crippen molar-refractivity contribution in [3.63, 3.8) is 0 Å². The van der Waals surface area contributed by atoms with Crippen molar-refractivity contribution in [3.8, 4) is 0 Å². The average molecular weight is 248 g/mol. The first kappa shape index (κ1) is 15.4. The van der Waals surface area contributed by atoms with Gasteiger partial charge in [0.25, 0.3) is 0 Å². The molecule has 1 heterocycles. The summed E-state index contributed by atoms with van der Waals surface area (Å²) in [4.78, 5) is 0. The zero-order valence-corrected chi connectivity index (χ0v) is 11.1. The quantitative estimate of drug-likeness (QED) is 0.839. The van der Waals surface area contributed by atoms with Crippen LogP contribution >= 0.6 is 12.4 Å². The lowest BCUT2D eigenvalue weighted by Gasteiger charge is -2.09. The normalized spacial score (nSPS) is 12.6. The maximum absolute atomic E-state index is 5.68. The summed E-state index contributed by atoms with van der Waals surface area (Å²) in [6.45, 7) is 6.20. The van der Waals surface area contributed by atoms with E-state index in [1.165, 1.54) is 0 Å². The number of aromatic nitrogens is 2. The third kappa shape index (κ3) is 4.10. The van der Waals surface area contributed by atoms with E-state index in [2.05, 4.69) is 24.0 Å². The van der Waals surface area contributed by atoms with E-state index in [-0.39, 0.29) is 18.4 Å². The topological polar surface area (TPSA) is 64.9 Å². The first-order chi connectivity index (χ1) is 7.19. The van der Waals surface area contributed by atoms with E-state index < -0.39 is 0 Å². The van der Waals surface area contributed by atoms with Crippen molar-refractivity contribution in [1.29, 1.82) is 0 Å². The maximum atomic E-state index is 5.68. The SMILES string of the molecule is CCCC(CCC)c1nnc([C@H](C)N)o1.Cl. The van der Waals surface area contributed by atoms with Crippen molar-refractivity contribution in [2.45, 2.75) is 58.4 Å². The fraction of sp³-hybridized carbons (Fsp3) is 0.818. The fourth-order valence-corrected chi connectivity index (χ4v) is 1.68. The molecule has 0 bridgehead atoms. The maximum Gasteiger partial charge on any atom is 0.232 e. The van der Waals surface area contributed by atoms with Crippen LogP contribution in [0.2, 0.25) is 0 Å². The van der Waals surface area contributed by atoms with Gasteiger partial charge in [0.05, 0.1) is 6.04 Å². The Bertz CT molecular complexity index is 283. The summed E-state index contributed by atoms with van der Waals surface area (Å²) in [5, 5.41) is 8.04. The molecule has 0 aromatic carbocycles. The lowest BCUT2D eigenvalue weighted by atomic mass is 9.98. The van der Waals surface area contributed by atoms with Gasteiger partial charge in [0, 0.05) is 5.92 Å². The zero-order chi connectivity index (χ0) is 11.3. The third-order valence-corrected chi connectivity index (χ3v) is 2.47. The van der Waals surface area contributed by atoms with Gasteiger partial charge in [-0.1, -0.05) is 26.7 Å². The van der Waals surface area contributed by atoms with E-state index in [1.807, 2.05) is 6.92 Å². The van der Waals surface area contributed by atoms with Gasteiger partial charge in [0.2, 0.25) is 11.8 Å².